The molecule has 164 valence electrons. The first-order valence-electron chi connectivity index (χ1n) is 9.82. The molecule has 0 unspecified atom stereocenters. The van der Waals surface area contributed by atoms with Crippen LogP contribution in [0.2, 0.25) is 0 Å². The Kier molecular flexibility index (Phi) is 6.21. The molecule has 0 aliphatic carbocycles. The Bertz CT molecular complexity index is 1350. The minimum Gasteiger partial charge on any atom is -0.493 e. The standard InChI is InChI=1S/C24H18N4O5/c1-32-21-11-9-16(14-26-27-23-12-10-18(15-25-23)28(30)31)13-22(21)33-24(29)20-8-4-6-17-5-2-3-7-19(17)20/h2-15H,1H3,(H,25,27)/b26-14+. The molecule has 0 radical (unpaired) electrons. The normalized spacial score (nSPS) is 10.8. The maximum absolute atomic E-state index is 12.9. The maximum Gasteiger partial charge on any atom is 0.344 e. The van der Waals surface area contributed by atoms with Crippen LogP contribution in [-0.2, 0) is 0 Å². The molecule has 0 aliphatic heterocycles. The number of hydrogen-bond donors (Lipinski definition) is 1. The van der Waals surface area contributed by atoms with Gasteiger partial charge in [-0.2, -0.15) is 5.10 Å². The minimum atomic E-state index is -0.529. The van der Waals surface area contributed by atoms with E-state index in [0.717, 1.165) is 17.0 Å². The number of hydrogen-bond acceptors (Lipinski definition) is 8. The van der Waals surface area contributed by atoms with Gasteiger partial charge in [-0.15, -0.1) is 0 Å². The number of nitrogens with zero attached hydrogens (tertiary/aromatic N) is 3. The second-order valence-corrected chi connectivity index (χ2v) is 6.86. The van der Waals surface area contributed by atoms with Crippen LogP contribution in [0.4, 0.5) is 11.5 Å². The molecule has 0 saturated heterocycles. The van der Waals surface area contributed by atoms with E-state index in [4.69, 9.17) is 9.47 Å². The van der Waals surface area contributed by atoms with Gasteiger partial charge in [0.25, 0.3) is 5.69 Å². The van der Waals surface area contributed by atoms with E-state index in [0.29, 0.717) is 22.7 Å². The fourth-order valence-electron chi connectivity index (χ4n) is 3.14. The summed E-state index contributed by atoms with van der Waals surface area (Å²) in [6.45, 7) is 0. The Morgan fingerprint density at radius 2 is 1.88 bits per heavy atom. The van der Waals surface area contributed by atoms with Crippen LogP contribution >= 0.6 is 0 Å². The van der Waals surface area contributed by atoms with Gasteiger partial charge in [-0.1, -0.05) is 36.4 Å². The van der Waals surface area contributed by atoms with E-state index in [9.17, 15) is 14.9 Å². The number of rotatable bonds is 7. The van der Waals surface area contributed by atoms with Crippen molar-refractivity contribution < 1.29 is 19.2 Å². The van der Waals surface area contributed by atoms with Crippen LogP contribution in [0.15, 0.2) is 84.1 Å². The molecule has 0 atom stereocenters. The highest BCUT2D eigenvalue weighted by atomic mass is 16.6. The molecular formula is C24H18N4O5. The smallest absolute Gasteiger partial charge is 0.344 e. The average Bonchev–Trinajstić information content (AvgIpc) is 2.84. The van der Waals surface area contributed by atoms with Crippen LogP contribution in [0, 0.1) is 10.1 Å². The fraction of sp³-hybridized carbons (Fsp3) is 0.0417. The first-order chi connectivity index (χ1) is 16.0. The number of nitrogens with one attached hydrogen (secondary N) is 1. The molecule has 0 saturated carbocycles. The van der Waals surface area contributed by atoms with Crippen LogP contribution < -0.4 is 14.9 Å². The fourth-order valence-corrected chi connectivity index (χ4v) is 3.14. The molecule has 0 spiro atoms. The van der Waals surface area contributed by atoms with Crippen molar-refractivity contribution in [3.8, 4) is 11.5 Å². The number of fused-ring (bicyclic) bond motifs is 1. The molecule has 33 heavy (non-hydrogen) atoms. The van der Waals surface area contributed by atoms with E-state index in [1.54, 1.807) is 30.3 Å². The highest BCUT2D eigenvalue weighted by Gasteiger charge is 2.15. The molecule has 1 heterocycles. The van der Waals surface area contributed by atoms with Gasteiger partial charge in [-0.3, -0.25) is 15.5 Å². The first-order valence-corrected chi connectivity index (χ1v) is 9.82. The van der Waals surface area contributed by atoms with Gasteiger partial charge < -0.3 is 9.47 Å². The Hall–Kier alpha value is -4.79. The Morgan fingerprint density at radius 1 is 1.06 bits per heavy atom. The van der Waals surface area contributed by atoms with E-state index in [1.165, 1.54) is 25.5 Å². The van der Waals surface area contributed by atoms with Gasteiger partial charge in [0, 0.05) is 6.07 Å². The third-order valence-electron chi connectivity index (χ3n) is 4.75. The summed E-state index contributed by atoms with van der Waals surface area (Å²) in [6, 6.07) is 20.8. The van der Waals surface area contributed by atoms with Crippen LogP contribution in [0.1, 0.15) is 15.9 Å². The van der Waals surface area contributed by atoms with Gasteiger partial charge >= 0.3 is 5.97 Å². The second-order valence-electron chi connectivity index (χ2n) is 6.86. The van der Waals surface area contributed by atoms with Crippen LogP contribution in [0.25, 0.3) is 10.8 Å². The predicted molar refractivity (Wildman–Crippen MR) is 124 cm³/mol. The van der Waals surface area contributed by atoms with E-state index < -0.39 is 10.9 Å². The molecule has 4 rings (SSSR count). The third kappa shape index (κ3) is 4.93. The van der Waals surface area contributed by atoms with Crippen molar-refractivity contribution in [2.75, 3.05) is 12.5 Å². The third-order valence-corrected chi connectivity index (χ3v) is 4.75. The summed E-state index contributed by atoms with van der Waals surface area (Å²) >= 11 is 0. The van der Waals surface area contributed by atoms with Crippen molar-refractivity contribution in [2.45, 2.75) is 0 Å². The number of ether oxygens (including phenoxy) is 2. The lowest BCUT2D eigenvalue weighted by Gasteiger charge is -2.11. The number of hydrazone groups is 1. The summed E-state index contributed by atoms with van der Waals surface area (Å²) in [5.41, 5.74) is 3.65. The number of esters is 1. The van der Waals surface area contributed by atoms with Gasteiger partial charge in [0.05, 0.1) is 23.8 Å². The molecule has 0 fully saturated rings. The van der Waals surface area contributed by atoms with Crippen molar-refractivity contribution in [3.05, 3.63) is 100 Å². The van der Waals surface area contributed by atoms with E-state index in [-0.39, 0.29) is 11.4 Å². The quantitative estimate of drug-likeness (QED) is 0.143. The number of pyridine rings is 1. The SMILES string of the molecule is COc1ccc(/C=N/Nc2ccc([N+](=O)[O-])cn2)cc1OC(=O)c1cccc2ccccc12. The largest absolute Gasteiger partial charge is 0.493 e. The number of anilines is 1. The zero-order chi connectivity index (χ0) is 23.2. The predicted octanol–water partition coefficient (Wildman–Crippen LogP) is 4.82. The van der Waals surface area contributed by atoms with Crippen molar-refractivity contribution in [1.82, 2.24) is 4.98 Å². The molecule has 4 aromatic rings. The molecule has 0 bridgehead atoms. The highest BCUT2D eigenvalue weighted by Crippen LogP contribution is 2.29. The molecule has 0 aliphatic rings. The van der Waals surface area contributed by atoms with Crippen LogP contribution in [-0.4, -0.2) is 29.2 Å². The topological polar surface area (TPSA) is 116 Å². The van der Waals surface area contributed by atoms with Crippen molar-refractivity contribution in [1.29, 1.82) is 0 Å². The molecule has 9 heteroatoms. The van der Waals surface area contributed by atoms with Gasteiger partial charge in [-0.05, 0) is 46.7 Å². The highest BCUT2D eigenvalue weighted by molar-refractivity contribution is 6.05. The first kappa shape index (κ1) is 21.4. The van der Waals surface area contributed by atoms with Crippen LogP contribution in [0.5, 0.6) is 11.5 Å². The van der Waals surface area contributed by atoms with Gasteiger partial charge in [0.1, 0.15) is 12.0 Å². The van der Waals surface area contributed by atoms with E-state index in [1.807, 2.05) is 30.3 Å². The van der Waals surface area contributed by atoms with Crippen LogP contribution in [0.3, 0.4) is 0 Å². The lowest BCUT2D eigenvalue weighted by molar-refractivity contribution is -0.385. The maximum atomic E-state index is 12.9. The Balaban J connectivity index is 1.52. The molecule has 3 aromatic carbocycles. The molecule has 9 nitrogen and oxygen atoms in total. The average molecular weight is 442 g/mol. The van der Waals surface area contributed by atoms with E-state index >= 15 is 0 Å². The number of carbonyl (C=O) groups is 1. The van der Waals surface area contributed by atoms with Gasteiger partial charge in [0.2, 0.25) is 0 Å². The summed E-state index contributed by atoms with van der Waals surface area (Å²) in [6.07, 6.45) is 2.63. The molecular weight excluding hydrogens is 424 g/mol. The summed E-state index contributed by atoms with van der Waals surface area (Å²) < 4.78 is 11.0. The van der Waals surface area contributed by atoms with Crippen molar-refractivity contribution in [2.24, 2.45) is 5.10 Å². The van der Waals surface area contributed by atoms with Gasteiger partial charge in [0.15, 0.2) is 11.5 Å². The Morgan fingerprint density at radius 3 is 2.64 bits per heavy atom. The number of methoxy groups -OCH3 is 1. The van der Waals surface area contributed by atoms with E-state index in [2.05, 4.69) is 15.5 Å². The molecule has 1 aromatic heterocycles. The minimum absolute atomic E-state index is 0.114. The summed E-state index contributed by atoms with van der Waals surface area (Å²) in [4.78, 5) is 27.0. The second kappa shape index (κ2) is 9.56. The number of carbonyl (C=O) groups excluding carboxylic acids is 1. The molecule has 0 amide bonds. The number of benzene rings is 3. The zero-order valence-electron chi connectivity index (χ0n) is 17.5. The summed E-state index contributed by atoms with van der Waals surface area (Å²) in [5, 5.41) is 16.5. The summed E-state index contributed by atoms with van der Waals surface area (Å²) in [7, 11) is 1.49. The lowest BCUT2D eigenvalue weighted by Crippen LogP contribution is -2.10. The molecule has 1 N–H and O–H groups in total. The monoisotopic (exact) mass is 442 g/mol. The number of nitro groups is 1. The lowest BCUT2D eigenvalue weighted by atomic mass is 10.0. The summed E-state index contributed by atoms with van der Waals surface area (Å²) in [5.74, 6) is 0.471. The zero-order valence-corrected chi connectivity index (χ0v) is 17.5. The van der Waals surface area contributed by atoms with Gasteiger partial charge in [-0.25, -0.2) is 9.78 Å². The van der Waals surface area contributed by atoms with Crippen molar-refractivity contribution >= 4 is 34.5 Å². The Labute approximate surface area is 188 Å². The van der Waals surface area contributed by atoms with Crippen molar-refractivity contribution in [3.63, 3.8) is 0 Å². The number of aromatic nitrogens is 1.